The first-order valence-electron chi connectivity index (χ1n) is 9.37. The Balaban J connectivity index is 1.66. The molecular formula is C23H26N2O3. The molecule has 28 heavy (non-hydrogen) atoms. The van der Waals surface area contributed by atoms with Gasteiger partial charge in [-0.15, -0.1) is 0 Å². The Morgan fingerprint density at radius 2 is 1.79 bits per heavy atom. The van der Waals surface area contributed by atoms with E-state index in [1.165, 1.54) is 0 Å². The lowest BCUT2D eigenvalue weighted by Gasteiger charge is -2.24. The molecule has 0 saturated carbocycles. The number of ether oxygens (including phenoxy) is 1. The maximum Gasteiger partial charge on any atom is 0.237 e. The first kappa shape index (κ1) is 19.7. The molecule has 1 aromatic heterocycles. The lowest BCUT2D eigenvalue weighted by atomic mass is 10.1. The summed E-state index contributed by atoms with van der Waals surface area (Å²) in [4.78, 5) is 14.8. The second-order valence-corrected chi connectivity index (χ2v) is 6.66. The van der Waals surface area contributed by atoms with E-state index in [2.05, 4.69) is 5.32 Å². The van der Waals surface area contributed by atoms with Crippen molar-refractivity contribution in [3.8, 4) is 5.75 Å². The van der Waals surface area contributed by atoms with Gasteiger partial charge in [0.25, 0.3) is 0 Å². The van der Waals surface area contributed by atoms with Gasteiger partial charge in [0.2, 0.25) is 5.91 Å². The van der Waals surface area contributed by atoms with E-state index in [0.29, 0.717) is 13.1 Å². The maximum absolute atomic E-state index is 13.0. The van der Waals surface area contributed by atoms with Crippen LogP contribution in [0.15, 0.2) is 77.4 Å². The Bertz CT molecular complexity index is 863. The van der Waals surface area contributed by atoms with Gasteiger partial charge >= 0.3 is 0 Å². The monoisotopic (exact) mass is 378 g/mol. The molecule has 0 fully saturated rings. The highest BCUT2D eigenvalue weighted by Crippen LogP contribution is 2.24. The number of para-hydroxylation sites is 1. The van der Waals surface area contributed by atoms with E-state index in [9.17, 15) is 4.79 Å². The molecule has 0 aliphatic heterocycles. The zero-order valence-electron chi connectivity index (χ0n) is 16.3. The molecule has 0 unspecified atom stereocenters. The predicted octanol–water partition coefficient (Wildman–Crippen LogP) is 4.17. The number of carbonyl (C=O) groups is 1. The van der Waals surface area contributed by atoms with Gasteiger partial charge in [-0.05, 0) is 30.7 Å². The second kappa shape index (κ2) is 9.76. The van der Waals surface area contributed by atoms with E-state index in [0.717, 1.165) is 22.6 Å². The fraction of sp³-hybridized carbons (Fsp3) is 0.261. The van der Waals surface area contributed by atoms with Crippen LogP contribution in [0.2, 0.25) is 0 Å². The number of carbonyl (C=O) groups excluding carboxylic acids is 1. The molecule has 1 amide bonds. The van der Waals surface area contributed by atoms with Crippen LogP contribution in [0.25, 0.3) is 0 Å². The van der Waals surface area contributed by atoms with E-state index < -0.39 is 0 Å². The SMILES string of the molecule is COc1ccccc1[C@@H](C)NCC(=O)N(Cc1ccccc1)Cc1ccco1. The smallest absolute Gasteiger partial charge is 0.237 e. The van der Waals surface area contributed by atoms with E-state index in [-0.39, 0.29) is 18.5 Å². The van der Waals surface area contributed by atoms with Crippen LogP contribution in [0.3, 0.4) is 0 Å². The molecule has 3 aromatic rings. The van der Waals surface area contributed by atoms with Crippen molar-refractivity contribution in [1.29, 1.82) is 0 Å². The number of furan rings is 1. The van der Waals surface area contributed by atoms with Gasteiger partial charge < -0.3 is 19.4 Å². The number of benzene rings is 2. The van der Waals surface area contributed by atoms with Gasteiger partial charge in [-0.1, -0.05) is 48.5 Å². The molecule has 0 spiro atoms. The van der Waals surface area contributed by atoms with E-state index >= 15 is 0 Å². The molecule has 0 saturated heterocycles. The highest BCUT2D eigenvalue weighted by atomic mass is 16.5. The summed E-state index contributed by atoms with van der Waals surface area (Å²) in [5, 5.41) is 3.32. The Labute approximate surface area is 165 Å². The van der Waals surface area contributed by atoms with Crippen molar-refractivity contribution in [1.82, 2.24) is 10.2 Å². The average Bonchev–Trinajstić information content (AvgIpc) is 3.25. The topological polar surface area (TPSA) is 54.7 Å². The van der Waals surface area contributed by atoms with Crippen molar-refractivity contribution >= 4 is 5.91 Å². The van der Waals surface area contributed by atoms with Crippen LogP contribution in [-0.2, 0) is 17.9 Å². The van der Waals surface area contributed by atoms with Gasteiger partial charge in [-0.2, -0.15) is 0 Å². The fourth-order valence-electron chi connectivity index (χ4n) is 3.11. The Morgan fingerprint density at radius 3 is 2.50 bits per heavy atom. The molecule has 5 heteroatoms. The lowest BCUT2D eigenvalue weighted by molar-refractivity contribution is -0.131. The van der Waals surface area contributed by atoms with Gasteiger partial charge in [0.05, 0.1) is 26.5 Å². The quantitative estimate of drug-likeness (QED) is 0.607. The molecule has 1 N–H and O–H groups in total. The van der Waals surface area contributed by atoms with E-state index in [4.69, 9.17) is 9.15 Å². The van der Waals surface area contributed by atoms with Gasteiger partial charge in [-0.3, -0.25) is 4.79 Å². The molecule has 146 valence electrons. The van der Waals surface area contributed by atoms with Crippen LogP contribution in [0, 0.1) is 0 Å². The minimum absolute atomic E-state index is 0.0118. The third-order valence-electron chi connectivity index (χ3n) is 4.66. The number of methoxy groups -OCH3 is 1. The first-order valence-corrected chi connectivity index (χ1v) is 9.37. The number of hydrogen-bond donors (Lipinski definition) is 1. The summed E-state index contributed by atoms with van der Waals surface area (Å²) in [6.45, 7) is 3.22. The zero-order valence-corrected chi connectivity index (χ0v) is 16.3. The third-order valence-corrected chi connectivity index (χ3v) is 4.66. The van der Waals surface area contributed by atoms with Crippen molar-refractivity contribution in [2.45, 2.75) is 26.1 Å². The summed E-state index contributed by atoms with van der Waals surface area (Å²) in [5.74, 6) is 1.59. The molecule has 3 rings (SSSR count). The number of nitrogens with zero attached hydrogens (tertiary/aromatic N) is 1. The largest absolute Gasteiger partial charge is 0.496 e. The molecule has 0 aliphatic carbocycles. The van der Waals surface area contributed by atoms with Gasteiger partial charge in [0, 0.05) is 18.2 Å². The molecule has 1 atom stereocenters. The molecule has 1 heterocycles. The average molecular weight is 378 g/mol. The van der Waals surface area contributed by atoms with Crippen molar-refractivity contribution < 1.29 is 13.9 Å². The van der Waals surface area contributed by atoms with Crippen LogP contribution in [0.1, 0.15) is 29.9 Å². The van der Waals surface area contributed by atoms with Gasteiger partial charge in [0.15, 0.2) is 0 Å². The van der Waals surface area contributed by atoms with Crippen LogP contribution < -0.4 is 10.1 Å². The van der Waals surface area contributed by atoms with E-state index in [1.54, 1.807) is 18.3 Å². The molecule has 0 bridgehead atoms. The van der Waals surface area contributed by atoms with Crippen molar-refractivity contribution in [3.63, 3.8) is 0 Å². The van der Waals surface area contributed by atoms with Crippen LogP contribution in [-0.4, -0.2) is 24.5 Å². The number of hydrogen-bond acceptors (Lipinski definition) is 4. The maximum atomic E-state index is 13.0. The summed E-state index contributed by atoms with van der Waals surface area (Å²) in [6.07, 6.45) is 1.63. The highest BCUT2D eigenvalue weighted by Gasteiger charge is 2.18. The van der Waals surface area contributed by atoms with E-state index in [1.807, 2.05) is 73.7 Å². The summed E-state index contributed by atoms with van der Waals surface area (Å²) in [6, 6.07) is 21.5. The molecular weight excluding hydrogens is 352 g/mol. The molecule has 2 aromatic carbocycles. The number of amides is 1. The molecule has 5 nitrogen and oxygen atoms in total. The third kappa shape index (κ3) is 5.24. The summed E-state index contributed by atoms with van der Waals surface area (Å²) < 4.78 is 10.9. The fourth-order valence-corrected chi connectivity index (χ4v) is 3.11. The van der Waals surface area contributed by atoms with Crippen molar-refractivity contribution in [2.75, 3.05) is 13.7 Å². The summed E-state index contributed by atoms with van der Waals surface area (Å²) >= 11 is 0. The molecule has 0 radical (unpaired) electrons. The normalized spacial score (nSPS) is 11.8. The van der Waals surface area contributed by atoms with Crippen molar-refractivity contribution in [2.24, 2.45) is 0 Å². The predicted molar refractivity (Wildman–Crippen MR) is 109 cm³/mol. The second-order valence-electron chi connectivity index (χ2n) is 6.66. The zero-order chi connectivity index (χ0) is 19.8. The minimum atomic E-state index is -0.0118. The number of rotatable bonds is 9. The first-order chi connectivity index (χ1) is 13.7. The van der Waals surface area contributed by atoms with Gasteiger partial charge in [0.1, 0.15) is 11.5 Å². The summed E-state index contributed by atoms with van der Waals surface area (Å²) in [5.41, 5.74) is 2.11. The summed E-state index contributed by atoms with van der Waals surface area (Å²) in [7, 11) is 1.65. The van der Waals surface area contributed by atoms with Crippen LogP contribution in [0.4, 0.5) is 0 Å². The number of nitrogens with one attached hydrogen (secondary N) is 1. The Hall–Kier alpha value is -3.05. The minimum Gasteiger partial charge on any atom is -0.496 e. The lowest BCUT2D eigenvalue weighted by Crippen LogP contribution is -2.38. The molecule has 0 aliphatic rings. The Kier molecular flexibility index (Phi) is 6.87. The van der Waals surface area contributed by atoms with Crippen LogP contribution >= 0.6 is 0 Å². The van der Waals surface area contributed by atoms with Crippen molar-refractivity contribution in [3.05, 3.63) is 89.9 Å². The highest BCUT2D eigenvalue weighted by molar-refractivity contribution is 5.78. The Morgan fingerprint density at radius 1 is 1.04 bits per heavy atom. The van der Waals surface area contributed by atoms with Gasteiger partial charge in [-0.25, -0.2) is 0 Å². The standard InChI is InChI=1S/C23H26N2O3/c1-18(21-12-6-7-13-22(21)27-2)24-15-23(26)25(17-20-11-8-14-28-20)16-19-9-4-3-5-10-19/h3-14,18,24H,15-17H2,1-2H3/t18-/m1/s1. The van der Waals surface area contributed by atoms with Crippen LogP contribution in [0.5, 0.6) is 5.75 Å².